The Balaban J connectivity index is 1.83. The van der Waals surface area contributed by atoms with Gasteiger partial charge >= 0.3 is 5.69 Å². The lowest BCUT2D eigenvalue weighted by Gasteiger charge is -2.15. The molecule has 0 N–H and O–H groups in total. The molecule has 1 heterocycles. The van der Waals surface area contributed by atoms with Crippen molar-refractivity contribution < 1.29 is 4.74 Å². The molecular formula is C25H32N2O2. The molecule has 3 aromatic rings. The van der Waals surface area contributed by atoms with Crippen LogP contribution in [0.2, 0.25) is 0 Å². The molecule has 0 atom stereocenters. The standard InChI is InChI=1S/C25H32N2O2/c1-16(2)21-10-9-18(5)13-24(21)29-12-8-11-26-22-14-19(6)20(7)15-23(22)27(17(3)4)25(26)28/h9-10,13-16H,3,8,11-12H2,1-2,4-7H3. The molecule has 2 aromatic carbocycles. The number of hydrogen-bond acceptors (Lipinski definition) is 2. The number of rotatable bonds is 7. The Morgan fingerprint density at radius 1 is 1.07 bits per heavy atom. The Labute approximate surface area is 173 Å². The molecule has 0 saturated carbocycles. The second kappa shape index (κ2) is 8.32. The van der Waals surface area contributed by atoms with Crippen LogP contribution in [0.25, 0.3) is 16.7 Å². The molecule has 4 heteroatoms. The zero-order valence-corrected chi connectivity index (χ0v) is 18.5. The largest absolute Gasteiger partial charge is 0.493 e. The minimum Gasteiger partial charge on any atom is -0.493 e. The van der Waals surface area contributed by atoms with E-state index in [1.165, 1.54) is 22.3 Å². The fourth-order valence-corrected chi connectivity index (χ4v) is 3.74. The number of imidazole rings is 1. The highest BCUT2D eigenvalue weighted by atomic mass is 16.5. The minimum atomic E-state index is -0.0316. The Hall–Kier alpha value is -2.75. The molecule has 0 aliphatic heterocycles. The monoisotopic (exact) mass is 392 g/mol. The van der Waals surface area contributed by atoms with Gasteiger partial charge in [-0.3, -0.25) is 9.13 Å². The van der Waals surface area contributed by atoms with E-state index >= 15 is 0 Å². The van der Waals surface area contributed by atoms with Crippen LogP contribution in [0.5, 0.6) is 5.75 Å². The van der Waals surface area contributed by atoms with Crippen molar-refractivity contribution in [3.8, 4) is 5.75 Å². The van der Waals surface area contributed by atoms with Crippen LogP contribution in [0.4, 0.5) is 0 Å². The maximum atomic E-state index is 13.0. The molecule has 29 heavy (non-hydrogen) atoms. The smallest absolute Gasteiger partial charge is 0.333 e. The minimum absolute atomic E-state index is 0.0316. The second-order valence-corrected chi connectivity index (χ2v) is 8.33. The number of ether oxygens (including phenoxy) is 1. The molecule has 0 spiro atoms. The Kier molecular flexibility index (Phi) is 6.02. The number of allylic oxidation sites excluding steroid dienone is 1. The Morgan fingerprint density at radius 3 is 2.34 bits per heavy atom. The number of aryl methyl sites for hydroxylation is 4. The van der Waals surface area contributed by atoms with E-state index in [2.05, 4.69) is 71.5 Å². The van der Waals surface area contributed by atoms with E-state index in [4.69, 9.17) is 4.74 Å². The summed E-state index contributed by atoms with van der Waals surface area (Å²) in [5.41, 5.74) is 7.35. The normalized spacial score (nSPS) is 11.4. The Morgan fingerprint density at radius 2 is 1.72 bits per heavy atom. The van der Waals surface area contributed by atoms with Gasteiger partial charge in [0.25, 0.3) is 0 Å². The average Bonchev–Trinajstić information content (AvgIpc) is 2.90. The van der Waals surface area contributed by atoms with Gasteiger partial charge in [0.15, 0.2) is 0 Å². The van der Waals surface area contributed by atoms with Crippen LogP contribution < -0.4 is 10.4 Å². The van der Waals surface area contributed by atoms with Crippen LogP contribution in [0.1, 0.15) is 55.4 Å². The van der Waals surface area contributed by atoms with E-state index < -0.39 is 0 Å². The lowest BCUT2D eigenvalue weighted by Crippen LogP contribution is -2.24. The molecular weight excluding hydrogens is 360 g/mol. The fraction of sp³-hybridized carbons (Fsp3) is 0.400. The number of fused-ring (bicyclic) bond motifs is 1. The third-order valence-corrected chi connectivity index (χ3v) is 5.50. The van der Waals surface area contributed by atoms with E-state index in [-0.39, 0.29) is 5.69 Å². The van der Waals surface area contributed by atoms with Crippen molar-refractivity contribution in [3.05, 3.63) is 69.6 Å². The molecule has 4 nitrogen and oxygen atoms in total. The van der Waals surface area contributed by atoms with E-state index in [0.29, 0.717) is 19.1 Å². The molecule has 0 amide bonds. The quantitative estimate of drug-likeness (QED) is 0.476. The van der Waals surface area contributed by atoms with E-state index in [0.717, 1.165) is 28.9 Å². The third kappa shape index (κ3) is 4.16. The van der Waals surface area contributed by atoms with Crippen LogP contribution in [0.15, 0.2) is 41.7 Å². The number of hydrogen-bond donors (Lipinski definition) is 0. The summed E-state index contributed by atoms with van der Waals surface area (Å²) in [6, 6.07) is 10.5. The zero-order valence-electron chi connectivity index (χ0n) is 18.5. The molecule has 154 valence electrons. The van der Waals surface area contributed by atoms with Gasteiger partial charge in [-0.2, -0.15) is 0 Å². The highest BCUT2D eigenvalue weighted by Gasteiger charge is 2.15. The summed E-state index contributed by atoms with van der Waals surface area (Å²) in [5, 5.41) is 0. The highest BCUT2D eigenvalue weighted by Crippen LogP contribution is 2.27. The zero-order chi connectivity index (χ0) is 21.3. The van der Waals surface area contributed by atoms with Crippen molar-refractivity contribution in [1.29, 1.82) is 0 Å². The number of benzene rings is 2. The second-order valence-electron chi connectivity index (χ2n) is 8.33. The fourth-order valence-electron chi connectivity index (χ4n) is 3.74. The van der Waals surface area contributed by atoms with Crippen LogP contribution in [0, 0.1) is 20.8 Å². The van der Waals surface area contributed by atoms with Crippen molar-refractivity contribution in [1.82, 2.24) is 9.13 Å². The van der Waals surface area contributed by atoms with Gasteiger partial charge < -0.3 is 4.74 Å². The summed E-state index contributed by atoms with van der Waals surface area (Å²) in [5.74, 6) is 1.36. The lowest BCUT2D eigenvalue weighted by molar-refractivity contribution is 0.297. The summed E-state index contributed by atoms with van der Waals surface area (Å²) in [7, 11) is 0. The molecule has 1 aromatic heterocycles. The summed E-state index contributed by atoms with van der Waals surface area (Å²) in [6.07, 6.45) is 0.758. The first-order valence-corrected chi connectivity index (χ1v) is 10.3. The van der Waals surface area contributed by atoms with Crippen molar-refractivity contribution >= 4 is 16.7 Å². The number of nitrogens with zero attached hydrogens (tertiary/aromatic N) is 2. The molecule has 0 bridgehead atoms. The highest BCUT2D eigenvalue weighted by molar-refractivity contribution is 5.81. The molecule has 0 fully saturated rings. The molecule has 0 unspecified atom stereocenters. The van der Waals surface area contributed by atoms with E-state index in [1.807, 2.05) is 11.5 Å². The van der Waals surface area contributed by atoms with E-state index in [9.17, 15) is 4.79 Å². The van der Waals surface area contributed by atoms with Gasteiger partial charge in [0.05, 0.1) is 17.6 Å². The molecule has 0 aliphatic carbocycles. The van der Waals surface area contributed by atoms with Crippen LogP contribution >= 0.6 is 0 Å². The van der Waals surface area contributed by atoms with Gasteiger partial charge in [-0.15, -0.1) is 0 Å². The SMILES string of the molecule is C=C(C)n1c(=O)n(CCCOc2cc(C)ccc2C(C)C)c2cc(C)c(C)cc21. The predicted molar refractivity (Wildman–Crippen MR) is 122 cm³/mol. The first kappa shape index (κ1) is 21.0. The van der Waals surface area contributed by atoms with Crippen LogP contribution in [-0.2, 0) is 6.54 Å². The molecule has 3 rings (SSSR count). The van der Waals surface area contributed by atoms with Gasteiger partial charge in [-0.05, 0) is 80.5 Å². The van der Waals surface area contributed by atoms with Crippen molar-refractivity contribution in [2.45, 2.75) is 60.4 Å². The van der Waals surface area contributed by atoms with Gasteiger partial charge in [0, 0.05) is 12.2 Å². The summed E-state index contributed by atoms with van der Waals surface area (Å²) in [4.78, 5) is 13.0. The molecule has 0 saturated heterocycles. The van der Waals surface area contributed by atoms with Gasteiger partial charge in [0.2, 0.25) is 0 Å². The third-order valence-electron chi connectivity index (χ3n) is 5.50. The van der Waals surface area contributed by atoms with E-state index in [1.54, 1.807) is 4.57 Å². The van der Waals surface area contributed by atoms with Crippen LogP contribution in [-0.4, -0.2) is 15.7 Å². The molecule has 0 radical (unpaired) electrons. The Bertz CT molecular complexity index is 1120. The van der Waals surface area contributed by atoms with Gasteiger partial charge in [-0.25, -0.2) is 4.79 Å². The topological polar surface area (TPSA) is 36.2 Å². The first-order chi connectivity index (χ1) is 13.7. The predicted octanol–water partition coefficient (Wildman–Crippen LogP) is 5.81. The molecule has 0 aliphatic rings. The van der Waals surface area contributed by atoms with Crippen molar-refractivity contribution in [2.24, 2.45) is 0 Å². The van der Waals surface area contributed by atoms with Crippen LogP contribution in [0.3, 0.4) is 0 Å². The van der Waals surface area contributed by atoms with Gasteiger partial charge in [0.1, 0.15) is 5.75 Å². The lowest BCUT2D eigenvalue weighted by atomic mass is 10.0. The van der Waals surface area contributed by atoms with Gasteiger partial charge in [-0.1, -0.05) is 32.6 Å². The first-order valence-electron chi connectivity index (χ1n) is 10.3. The summed E-state index contributed by atoms with van der Waals surface area (Å²) < 4.78 is 9.67. The maximum Gasteiger partial charge on any atom is 0.333 e. The van der Waals surface area contributed by atoms with Crippen molar-refractivity contribution in [3.63, 3.8) is 0 Å². The number of aromatic nitrogens is 2. The maximum absolute atomic E-state index is 13.0. The summed E-state index contributed by atoms with van der Waals surface area (Å²) >= 11 is 0. The average molecular weight is 393 g/mol. The van der Waals surface area contributed by atoms with Crippen molar-refractivity contribution in [2.75, 3.05) is 6.61 Å². The summed E-state index contributed by atoms with van der Waals surface area (Å²) in [6.45, 7) is 17.6.